The van der Waals surface area contributed by atoms with E-state index in [9.17, 15) is 18.0 Å². The van der Waals surface area contributed by atoms with Gasteiger partial charge >= 0.3 is 12.1 Å². The Hall–Kier alpha value is -1.42. The topological polar surface area (TPSA) is 64.5 Å². The first-order valence-electron chi connectivity index (χ1n) is 5.27. The van der Waals surface area contributed by atoms with E-state index in [4.69, 9.17) is 4.74 Å². The Morgan fingerprint density at radius 2 is 2.32 bits per heavy atom. The van der Waals surface area contributed by atoms with E-state index in [1.54, 1.807) is 0 Å². The lowest BCUT2D eigenvalue weighted by molar-refractivity contribution is -0.154. The fourth-order valence-electron chi connectivity index (χ4n) is 1.56. The molecule has 6 nitrogen and oxygen atoms in total. The van der Waals surface area contributed by atoms with Crippen LogP contribution >= 0.6 is 11.5 Å². The molecule has 0 aromatic carbocycles. The summed E-state index contributed by atoms with van der Waals surface area (Å²) in [6.45, 7) is 0.653. The Morgan fingerprint density at radius 3 is 2.89 bits per heavy atom. The number of anilines is 1. The van der Waals surface area contributed by atoms with Crippen LogP contribution in [0.25, 0.3) is 0 Å². The number of morpholine rings is 1. The molecule has 1 aromatic rings. The van der Waals surface area contributed by atoms with Crippen LogP contribution in [0.3, 0.4) is 0 Å². The monoisotopic (exact) mass is 297 g/mol. The predicted molar refractivity (Wildman–Crippen MR) is 58.9 cm³/mol. The molecular formula is C9H10F3N3O3S. The largest absolute Gasteiger partial charge is 0.467 e. The maximum absolute atomic E-state index is 12.4. The normalized spacial score (nSPS) is 20.4. The summed E-state index contributed by atoms with van der Waals surface area (Å²) >= 11 is 0.641. The van der Waals surface area contributed by atoms with Crippen LogP contribution in [0.5, 0.6) is 0 Å². The SMILES string of the molecule is COC(=O)C1CN(c2nc(C(F)(F)F)ns2)CCO1. The summed E-state index contributed by atoms with van der Waals surface area (Å²) in [5.41, 5.74) is 0. The van der Waals surface area contributed by atoms with E-state index < -0.39 is 24.1 Å². The predicted octanol–water partition coefficient (Wildman–Crippen LogP) is 0.935. The third kappa shape index (κ3) is 3.13. The lowest BCUT2D eigenvalue weighted by Crippen LogP contribution is -2.46. The summed E-state index contributed by atoms with van der Waals surface area (Å²) < 4.78 is 50.1. The zero-order valence-corrected chi connectivity index (χ0v) is 10.6. The van der Waals surface area contributed by atoms with Gasteiger partial charge in [0.25, 0.3) is 0 Å². The van der Waals surface area contributed by atoms with Crippen LogP contribution in [-0.4, -0.2) is 48.2 Å². The first-order valence-corrected chi connectivity index (χ1v) is 6.04. The average molecular weight is 297 g/mol. The molecule has 0 bridgehead atoms. The van der Waals surface area contributed by atoms with E-state index in [1.807, 2.05) is 0 Å². The number of methoxy groups -OCH3 is 1. The third-order valence-corrected chi connectivity index (χ3v) is 3.25. The molecule has 106 valence electrons. The summed E-state index contributed by atoms with van der Waals surface area (Å²) in [6.07, 6.45) is -5.39. The second-order valence-electron chi connectivity index (χ2n) is 3.73. The Balaban J connectivity index is 2.09. The second kappa shape index (κ2) is 5.29. The number of alkyl halides is 3. The molecule has 0 aliphatic carbocycles. The van der Waals surface area contributed by atoms with Gasteiger partial charge in [0.1, 0.15) is 0 Å². The molecule has 1 aliphatic rings. The van der Waals surface area contributed by atoms with Crippen molar-refractivity contribution in [3.05, 3.63) is 5.82 Å². The molecule has 1 aliphatic heterocycles. The highest BCUT2D eigenvalue weighted by Crippen LogP contribution is 2.30. The second-order valence-corrected chi connectivity index (χ2v) is 4.46. The zero-order valence-electron chi connectivity index (χ0n) is 9.81. The first kappa shape index (κ1) is 14.0. The Labute approximate surface area is 110 Å². The molecule has 0 saturated carbocycles. The van der Waals surface area contributed by atoms with Crippen LogP contribution in [0.1, 0.15) is 5.82 Å². The van der Waals surface area contributed by atoms with Crippen LogP contribution in [0.2, 0.25) is 0 Å². The molecule has 1 saturated heterocycles. The van der Waals surface area contributed by atoms with E-state index in [-0.39, 0.29) is 18.3 Å². The lowest BCUT2D eigenvalue weighted by atomic mass is 10.3. The summed E-state index contributed by atoms with van der Waals surface area (Å²) in [5.74, 6) is -1.74. The number of ether oxygens (including phenoxy) is 2. The molecule has 1 unspecified atom stereocenters. The van der Waals surface area contributed by atoms with Gasteiger partial charge in [0.15, 0.2) is 6.10 Å². The minimum absolute atomic E-state index is 0.0964. The number of aromatic nitrogens is 2. The van der Waals surface area contributed by atoms with Crippen LogP contribution in [-0.2, 0) is 20.4 Å². The fourth-order valence-corrected chi connectivity index (χ4v) is 2.28. The van der Waals surface area contributed by atoms with Crippen molar-refractivity contribution >= 4 is 22.6 Å². The highest BCUT2D eigenvalue weighted by atomic mass is 32.1. The van der Waals surface area contributed by atoms with Crippen molar-refractivity contribution in [2.24, 2.45) is 0 Å². The molecule has 0 N–H and O–H groups in total. The quantitative estimate of drug-likeness (QED) is 0.757. The van der Waals surface area contributed by atoms with E-state index >= 15 is 0 Å². The minimum Gasteiger partial charge on any atom is -0.467 e. The summed E-state index contributed by atoms with van der Waals surface area (Å²) in [6, 6.07) is 0. The Bertz CT molecular complexity index is 465. The number of esters is 1. The number of nitrogens with zero attached hydrogens (tertiary/aromatic N) is 3. The Morgan fingerprint density at radius 1 is 1.58 bits per heavy atom. The van der Waals surface area contributed by atoms with Crippen LogP contribution in [0, 0.1) is 0 Å². The van der Waals surface area contributed by atoms with E-state index in [2.05, 4.69) is 14.1 Å². The van der Waals surface area contributed by atoms with Crippen molar-refractivity contribution in [1.29, 1.82) is 0 Å². The van der Waals surface area contributed by atoms with Crippen molar-refractivity contribution in [1.82, 2.24) is 9.36 Å². The van der Waals surface area contributed by atoms with Crippen LogP contribution < -0.4 is 4.90 Å². The molecule has 1 aromatic heterocycles. The molecular weight excluding hydrogens is 287 g/mol. The van der Waals surface area contributed by atoms with Crippen molar-refractivity contribution in [3.63, 3.8) is 0 Å². The van der Waals surface area contributed by atoms with Crippen LogP contribution in [0.4, 0.5) is 18.3 Å². The van der Waals surface area contributed by atoms with Crippen molar-refractivity contribution in [3.8, 4) is 0 Å². The van der Waals surface area contributed by atoms with E-state index in [0.717, 1.165) is 0 Å². The molecule has 1 fully saturated rings. The first-order chi connectivity index (χ1) is 8.91. The van der Waals surface area contributed by atoms with Gasteiger partial charge in [0.2, 0.25) is 11.0 Å². The van der Waals surface area contributed by atoms with Gasteiger partial charge in [-0.1, -0.05) is 0 Å². The van der Waals surface area contributed by atoms with Gasteiger partial charge in [-0.15, -0.1) is 0 Å². The van der Waals surface area contributed by atoms with E-state index in [0.29, 0.717) is 18.1 Å². The van der Waals surface area contributed by atoms with E-state index in [1.165, 1.54) is 12.0 Å². The summed E-state index contributed by atoms with van der Waals surface area (Å²) in [4.78, 5) is 16.3. The minimum atomic E-state index is -4.57. The highest BCUT2D eigenvalue weighted by Gasteiger charge is 2.37. The van der Waals surface area contributed by atoms with Crippen LogP contribution in [0.15, 0.2) is 0 Å². The molecule has 2 rings (SSSR count). The molecule has 1 atom stereocenters. The smallest absolute Gasteiger partial charge is 0.452 e. The summed E-state index contributed by atoms with van der Waals surface area (Å²) in [5, 5.41) is 0.115. The Kier molecular flexibility index (Phi) is 3.90. The zero-order chi connectivity index (χ0) is 14.0. The third-order valence-electron chi connectivity index (χ3n) is 2.47. The van der Waals surface area contributed by atoms with Gasteiger partial charge in [-0.2, -0.15) is 22.5 Å². The standard InChI is InChI=1S/C9H10F3N3O3S/c1-17-6(16)5-4-15(2-3-18-5)8-13-7(14-19-8)9(10,11)12/h5H,2-4H2,1H3. The number of halogens is 3. The van der Waals surface area contributed by atoms with Crippen molar-refractivity contribution in [2.45, 2.75) is 12.3 Å². The molecule has 10 heteroatoms. The van der Waals surface area contributed by atoms with Gasteiger partial charge in [-0.3, -0.25) is 0 Å². The van der Waals surface area contributed by atoms with Crippen molar-refractivity contribution in [2.75, 3.05) is 31.7 Å². The number of hydrogen-bond acceptors (Lipinski definition) is 7. The number of carbonyl (C=O) groups is 1. The molecule has 0 amide bonds. The number of carbonyl (C=O) groups excluding carboxylic acids is 1. The lowest BCUT2D eigenvalue weighted by Gasteiger charge is -2.30. The maximum atomic E-state index is 12.4. The number of rotatable bonds is 2. The van der Waals surface area contributed by atoms with Crippen molar-refractivity contribution < 1.29 is 27.4 Å². The van der Waals surface area contributed by atoms with Gasteiger partial charge in [0.05, 0.1) is 20.3 Å². The molecule has 19 heavy (non-hydrogen) atoms. The van der Waals surface area contributed by atoms with Gasteiger partial charge in [0, 0.05) is 18.1 Å². The van der Waals surface area contributed by atoms with Gasteiger partial charge in [-0.05, 0) is 0 Å². The maximum Gasteiger partial charge on any atom is 0.452 e. The number of hydrogen-bond donors (Lipinski definition) is 0. The molecule has 0 radical (unpaired) electrons. The molecule has 0 spiro atoms. The average Bonchev–Trinajstić information content (AvgIpc) is 2.87. The highest BCUT2D eigenvalue weighted by molar-refractivity contribution is 7.09. The summed E-state index contributed by atoms with van der Waals surface area (Å²) in [7, 11) is 1.22. The van der Waals surface area contributed by atoms with Gasteiger partial charge < -0.3 is 14.4 Å². The van der Waals surface area contributed by atoms with Gasteiger partial charge in [-0.25, -0.2) is 4.79 Å². The molecule has 2 heterocycles. The fraction of sp³-hybridized carbons (Fsp3) is 0.667.